The molecule has 1 aromatic carbocycles. The molecule has 0 fully saturated rings. The molecular weight excluding hydrogens is 206 g/mol. The predicted molar refractivity (Wildman–Crippen MR) is 62.4 cm³/mol. The molecule has 0 amide bonds. The van der Waals surface area contributed by atoms with Crippen LogP contribution < -0.4 is 5.73 Å². The van der Waals surface area contributed by atoms with Crippen LogP contribution >= 0.6 is 0 Å². The van der Waals surface area contributed by atoms with Gasteiger partial charge in [-0.2, -0.15) is 0 Å². The summed E-state index contributed by atoms with van der Waals surface area (Å²) in [6, 6.07) is 1.96. The molecule has 1 rings (SSSR count). The van der Waals surface area contributed by atoms with E-state index in [-0.39, 0.29) is 17.2 Å². The first-order chi connectivity index (χ1) is 7.41. The fraction of sp³-hybridized carbons (Fsp3) is 0.500. The number of hydrogen-bond donors (Lipinski definition) is 4. The summed E-state index contributed by atoms with van der Waals surface area (Å²) in [6.45, 7) is 4.17. The minimum Gasteiger partial charge on any atom is -0.508 e. The maximum absolute atomic E-state index is 9.61. The summed E-state index contributed by atoms with van der Waals surface area (Å²) < 4.78 is 0. The fourth-order valence-corrected chi connectivity index (χ4v) is 1.65. The van der Waals surface area contributed by atoms with Gasteiger partial charge in [0.1, 0.15) is 17.2 Å². The molecule has 0 aliphatic heterocycles. The summed E-state index contributed by atoms with van der Waals surface area (Å²) in [5.74, 6) is 0.0322. The van der Waals surface area contributed by atoms with Crippen molar-refractivity contribution in [2.45, 2.75) is 32.7 Å². The van der Waals surface area contributed by atoms with Crippen molar-refractivity contribution in [2.24, 2.45) is 11.7 Å². The molecule has 0 radical (unpaired) electrons. The number of hydrogen-bond acceptors (Lipinski definition) is 4. The molecule has 4 heteroatoms. The first-order valence-corrected chi connectivity index (χ1v) is 5.42. The number of aromatic hydroxyl groups is 3. The summed E-state index contributed by atoms with van der Waals surface area (Å²) in [6.07, 6.45) is 1.60. The van der Waals surface area contributed by atoms with Gasteiger partial charge in [0.25, 0.3) is 0 Å². The molecule has 0 saturated heterocycles. The molecule has 0 unspecified atom stereocenters. The van der Waals surface area contributed by atoms with Crippen molar-refractivity contribution >= 4 is 0 Å². The summed E-state index contributed by atoms with van der Waals surface area (Å²) in [5, 5.41) is 28.4. The molecule has 0 aliphatic carbocycles. The van der Waals surface area contributed by atoms with Gasteiger partial charge >= 0.3 is 0 Å². The van der Waals surface area contributed by atoms with Crippen LogP contribution in [0, 0.1) is 5.92 Å². The van der Waals surface area contributed by atoms with Crippen molar-refractivity contribution in [3.8, 4) is 17.2 Å². The monoisotopic (exact) mass is 225 g/mol. The molecule has 5 N–H and O–H groups in total. The standard InChI is InChI=1S/C12H19NO3/c1-7(2)3-4-9(13)12-10(15)5-8(14)6-11(12)16/h5-7,9,14-16H,3-4,13H2,1-2H3/t9-/m1/s1. The lowest BCUT2D eigenvalue weighted by Crippen LogP contribution is -2.11. The Balaban J connectivity index is 2.86. The maximum atomic E-state index is 9.61. The van der Waals surface area contributed by atoms with E-state index >= 15 is 0 Å². The Bertz CT molecular complexity index is 340. The van der Waals surface area contributed by atoms with Crippen molar-refractivity contribution in [1.29, 1.82) is 0 Å². The Morgan fingerprint density at radius 2 is 1.56 bits per heavy atom. The van der Waals surface area contributed by atoms with E-state index in [1.807, 2.05) is 0 Å². The molecule has 0 heterocycles. The number of phenolic OH excluding ortho intramolecular Hbond substituents is 3. The molecule has 4 nitrogen and oxygen atoms in total. The summed E-state index contributed by atoms with van der Waals surface area (Å²) in [7, 11) is 0. The molecule has 0 aliphatic rings. The Morgan fingerprint density at radius 3 is 2.00 bits per heavy atom. The largest absolute Gasteiger partial charge is 0.508 e. The lowest BCUT2D eigenvalue weighted by molar-refractivity contribution is 0.403. The minimum absolute atomic E-state index is 0.159. The number of benzene rings is 1. The van der Waals surface area contributed by atoms with E-state index in [9.17, 15) is 10.2 Å². The third kappa shape index (κ3) is 3.03. The molecule has 16 heavy (non-hydrogen) atoms. The average molecular weight is 225 g/mol. The minimum atomic E-state index is -0.414. The summed E-state index contributed by atoms with van der Waals surface area (Å²) >= 11 is 0. The molecule has 0 saturated carbocycles. The zero-order valence-electron chi connectivity index (χ0n) is 9.64. The second-order valence-corrected chi connectivity index (χ2v) is 4.48. The summed E-state index contributed by atoms with van der Waals surface area (Å²) in [5.41, 5.74) is 6.20. The van der Waals surface area contributed by atoms with Gasteiger partial charge in [0.2, 0.25) is 0 Å². The maximum Gasteiger partial charge on any atom is 0.127 e. The van der Waals surface area contributed by atoms with Crippen molar-refractivity contribution in [3.05, 3.63) is 17.7 Å². The van der Waals surface area contributed by atoms with E-state index in [0.29, 0.717) is 17.9 Å². The third-order valence-electron chi connectivity index (χ3n) is 2.55. The SMILES string of the molecule is CC(C)CC[C@@H](N)c1c(O)cc(O)cc1O. The van der Waals surface area contributed by atoms with Crippen LogP contribution in [0.3, 0.4) is 0 Å². The van der Waals surface area contributed by atoms with E-state index in [1.54, 1.807) is 0 Å². The van der Waals surface area contributed by atoms with Crippen LogP contribution in [0.2, 0.25) is 0 Å². The third-order valence-corrected chi connectivity index (χ3v) is 2.55. The number of rotatable bonds is 4. The Kier molecular flexibility index (Phi) is 4.01. The van der Waals surface area contributed by atoms with Crippen molar-refractivity contribution < 1.29 is 15.3 Å². The topological polar surface area (TPSA) is 86.7 Å². The van der Waals surface area contributed by atoms with Crippen molar-refractivity contribution in [1.82, 2.24) is 0 Å². The van der Waals surface area contributed by atoms with Gasteiger partial charge in [-0.15, -0.1) is 0 Å². The smallest absolute Gasteiger partial charge is 0.127 e. The highest BCUT2D eigenvalue weighted by Crippen LogP contribution is 2.37. The van der Waals surface area contributed by atoms with Crippen LogP contribution in [-0.4, -0.2) is 15.3 Å². The van der Waals surface area contributed by atoms with E-state index in [4.69, 9.17) is 10.8 Å². The molecule has 90 valence electrons. The molecule has 0 spiro atoms. The molecule has 0 bridgehead atoms. The quantitative estimate of drug-likeness (QED) is 0.633. The van der Waals surface area contributed by atoms with Gasteiger partial charge in [0.05, 0.1) is 5.56 Å². The van der Waals surface area contributed by atoms with Crippen LogP contribution in [-0.2, 0) is 0 Å². The Hall–Kier alpha value is -1.42. The zero-order chi connectivity index (χ0) is 12.3. The zero-order valence-corrected chi connectivity index (χ0v) is 9.64. The van der Waals surface area contributed by atoms with Crippen LogP contribution in [0.25, 0.3) is 0 Å². The van der Waals surface area contributed by atoms with Crippen LogP contribution in [0.5, 0.6) is 17.2 Å². The fourth-order valence-electron chi connectivity index (χ4n) is 1.65. The molecular formula is C12H19NO3. The lowest BCUT2D eigenvalue weighted by Gasteiger charge is -2.16. The normalized spacial score (nSPS) is 13.0. The highest BCUT2D eigenvalue weighted by Gasteiger charge is 2.17. The first-order valence-electron chi connectivity index (χ1n) is 5.42. The van der Waals surface area contributed by atoms with E-state index in [1.165, 1.54) is 12.1 Å². The summed E-state index contributed by atoms with van der Waals surface area (Å²) in [4.78, 5) is 0. The van der Waals surface area contributed by atoms with Gasteiger partial charge in [-0.05, 0) is 18.8 Å². The van der Waals surface area contributed by atoms with Gasteiger partial charge in [0.15, 0.2) is 0 Å². The average Bonchev–Trinajstić information content (AvgIpc) is 2.12. The number of phenols is 3. The van der Waals surface area contributed by atoms with Crippen LogP contribution in [0.4, 0.5) is 0 Å². The molecule has 1 atom stereocenters. The molecule has 0 aromatic heterocycles. The number of nitrogens with two attached hydrogens (primary N) is 1. The van der Waals surface area contributed by atoms with Crippen molar-refractivity contribution in [2.75, 3.05) is 0 Å². The lowest BCUT2D eigenvalue weighted by atomic mass is 9.97. The highest BCUT2D eigenvalue weighted by atomic mass is 16.3. The Labute approximate surface area is 95.3 Å². The second-order valence-electron chi connectivity index (χ2n) is 4.48. The highest BCUT2D eigenvalue weighted by molar-refractivity contribution is 5.50. The van der Waals surface area contributed by atoms with Gasteiger partial charge in [-0.1, -0.05) is 13.8 Å². The van der Waals surface area contributed by atoms with Gasteiger partial charge in [-0.25, -0.2) is 0 Å². The van der Waals surface area contributed by atoms with Crippen molar-refractivity contribution in [3.63, 3.8) is 0 Å². The Morgan fingerprint density at radius 1 is 1.06 bits per heavy atom. The van der Waals surface area contributed by atoms with Crippen LogP contribution in [0.15, 0.2) is 12.1 Å². The second kappa shape index (κ2) is 5.07. The van der Waals surface area contributed by atoms with E-state index < -0.39 is 6.04 Å². The van der Waals surface area contributed by atoms with Gasteiger partial charge in [0, 0.05) is 18.2 Å². The van der Waals surface area contributed by atoms with Gasteiger partial charge < -0.3 is 21.1 Å². The first kappa shape index (κ1) is 12.6. The van der Waals surface area contributed by atoms with Gasteiger partial charge in [-0.3, -0.25) is 0 Å². The van der Waals surface area contributed by atoms with E-state index in [0.717, 1.165) is 6.42 Å². The van der Waals surface area contributed by atoms with Crippen LogP contribution in [0.1, 0.15) is 38.3 Å². The van der Waals surface area contributed by atoms with E-state index in [2.05, 4.69) is 13.8 Å². The molecule has 1 aromatic rings. The predicted octanol–water partition coefficient (Wildman–Crippen LogP) is 2.24.